The van der Waals surface area contributed by atoms with Gasteiger partial charge in [0.1, 0.15) is 11.0 Å². The van der Waals surface area contributed by atoms with Crippen LogP contribution < -0.4 is 15.5 Å². The molecule has 2 N–H and O–H groups in total. The molecule has 0 unspecified atom stereocenters. The first-order valence-corrected chi connectivity index (χ1v) is 8.62. The van der Waals surface area contributed by atoms with Gasteiger partial charge in [0, 0.05) is 32.1 Å². The third-order valence-electron chi connectivity index (χ3n) is 3.50. The lowest BCUT2D eigenvalue weighted by Crippen LogP contribution is -2.18. The Hall–Kier alpha value is -3.10. The number of halogens is 1. The van der Waals surface area contributed by atoms with E-state index in [0.717, 1.165) is 12.8 Å². The van der Waals surface area contributed by atoms with Crippen molar-refractivity contribution >= 4 is 35.0 Å². The van der Waals surface area contributed by atoms with Crippen LogP contribution >= 0.6 is 11.6 Å². The van der Waals surface area contributed by atoms with Crippen molar-refractivity contribution in [2.24, 2.45) is 5.11 Å². The number of anilines is 3. The van der Waals surface area contributed by atoms with Gasteiger partial charge in [-0.15, -0.1) is 10.2 Å². The van der Waals surface area contributed by atoms with Crippen molar-refractivity contribution in [3.8, 4) is 0 Å². The highest BCUT2D eigenvalue weighted by atomic mass is 35.5. The van der Waals surface area contributed by atoms with Crippen LogP contribution in [0.3, 0.4) is 0 Å². The smallest absolute Gasteiger partial charge is 0.260 e. The lowest BCUT2D eigenvalue weighted by molar-refractivity contribution is 0.102. The topological polar surface area (TPSA) is 132 Å². The van der Waals surface area contributed by atoms with Gasteiger partial charge in [-0.2, -0.15) is 0 Å². The van der Waals surface area contributed by atoms with E-state index in [9.17, 15) is 4.79 Å². The molecule has 2 rings (SSSR count). The predicted octanol–water partition coefficient (Wildman–Crippen LogP) is 3.35. The quantitative estimate of drug-likeness (QED) is 0.222. The van der Waals surface area contributed by atoms with Crippen LogP contribution in [-0.2, 0) is 0 Å². The molecule has 2 aromatic heterocycles. The normalized spacial score (nSPS) is 10.0. The molecule has 0 aliphatic heterocycles. The molecular weight excluding hydrogens is 370 g/mol. The fourth-order valence-corrected chi connectivity index (χ4v) is 2.27. The molecule has 0 aliphatic rings. The van der Waals surface area contributed by atoms with Crippen LogP contribution in [0, 0.1) is 0 Å². The summed E-state index contributed by atoms with van der Waals surface area (Å²) >= 11 is 5.95. The number of amides is 1. The van der Waals surface area contributed by atoms with Gasteiger partial charge in [0.25, 0.3) is 5.91 Å². The van der Waals surface area contributed by atoms with Gasteiger partial charge in [-0.05, 0) is 42.6 Å². The maximum Gasteiger partial charge on any atom is 0.260 e. The molecule has 0 bridgehead atoms. The van der Waals surface area contributed by atoms with Crippen LogP contribution in [0.5, 0.6) is 0 Å². The predicted molar refractivity (Wildman–Crippen MR) is 105 cm³/mol. The van der Waals surface area contributed by atoms with Gasteiger partial charge in [0.15, 0.2) is 11.6 Å². The summed E-state index contributed by atoms with van der Waals surface area (Å²) in [4.78, 5) is 21.3. The van der Waals surface area contributed by atoms with Crippen molar-refractivity contribution in [3.05, 3.63) is 45.4 Å². The lowest BCUT2D eigenvalue weighted by Gasteiger charge is -2.12. The SMILES string of the molecule is CN(C)c1ccc(NC(=O)c2ccc(Cl)nc2NCCCCN=[N+]=[N-])nn1. The molecule has 27 heavy (non-hydrogen) atoms. The van der Waals surface area contributed by atoms with Crippen LogP contribution in [-0.4, -0.2) is 48.3 Å². The van der Waals surface area contributed by atoms with Crippen molar-refractivity contribution in [3.63, 3.8) is 0 Å². The summed E-state index contributed by atoms with van der Waals surface area (Å²) in [6.07, 6.45) is 1.48. The highest BCUT2D eigenvalue weighted by Gasteiger charge is 2.14. The molecular formula is C16H20ClN9O. The fraction of sp³-hybridized carbons (Fsp3) is 0.375. The van der Waals surface area contributed by atoms with E-state index in [-0.39, 0.29) is 11.1 Å². The summed E-state index contributed by atoms with van der Waals surface area (Å²) in [5.41, 5.74) is 8.59. The number of unbranched alkanes of at least 4 members (excludes halogenated alkanes) is 1. The zero-order chi connectivity index (χ0) is 19.6. The maximum atomic E-state index is 12.6. The Morgan fingerprint density at radius 3 is 2.74 bits per heavy atom. The number of nitrogens with zero attached hydrogens (tertiary/aromatic N) is 7. The molecule has 0 spiro atoms. The summed E-state index contributed by atoms with van der Waals surface area (Å²) in [6.45, 7) is 0.988. The molecule has 0 radical (unpaired) electrons. The van der Waals surface area contributed by atoms with E-state index in [1.54, 1.807) is 24.3 Å². The largest absolute Gasteiger partial charge is 0.369 e. The fourth-order valence-electron chi connectivity index (χ4n) is 2.13. The minimum atomic E-state index is -0.373. The number of nitrogens with one attached hydrogen (secondary N) is 2. The number of azide groups is 1. The second-order valence-electron chi connectivity index (χ2n) is 5.74. The van der Waals surface area contributed by atoms with E-state index >= 15 is 0 Å². The molecule has 2 aromatic rings. The number of carbonyl (C=O) groups excluding carboxylic acids is 1. The third kappa shape index (κ3) is 6.28. The number of aromatic nitrogens is 3. The first-order valence-electron chi connectivity index (χ1n) is 8.25. The van der Waals surface area contributed by atoms with Gasteiger partial charge in [-0.3, -0.25) is 4.79 Å². The number of rotatable bonds is 9. The summed E-state index contributed by atoms with van der Waals surface area (Å²) in [7, 11) is 3.71. The Labute approximate surface area is 161 Å². The zero-order valence-corrected chi connectivity index (χ0v) is 15.8. The number of hydrogen-bond donors (Lipinski definition) is 2. The molecule has 1 amide bonds. The molecule has 0 fully saturated rings. The second-order valence-corrected chi connectivity index (χ2v) is 6.13. The van der Waals surface area contributed by atoms with Crippen molar-refractivity contribution in [2.75, 3.05) is 42.7 Å². The molecule has 0 aromatic carbocycles. The molecule has 2 heterocycles. The van der Waals surface area contributed by atoms with E-state index in [4.69, 9.17) is 17.1 Å². The Kier molecular flexibility index (Phi) is 7.60. The molecule has 10 nitrogen and oxygen atoms in total. The van der Waals surface area contributed by atoms with E-state index in [2.05, 4.69) is 35.8 Å². The van der Waals surface area contributed by atoms with E-state index in [1.807, 2.05) is 19.0 Å². The van der Waals surface area contributed by atoms with Gasteiger partial charge in [-0.25, -0.2) is 4.98 Å². The Bertz CT molecular complexity index is 819. The average Bonchev–Trinajstić information content (AvgIpc) is 2.65. The van der Waals surface area contributed by atoms with Crippen LogP contribution in [0.4, 0.5) is 17.5 Å². The van der Waals surface area contributed by atoms with Crippen LogP contribution in [0.1, 0.15) is 23.2 Å². The Morgan fingerprint density at radius 2 is 2.07 bits per heavy atom. The molecule has 142 valence electrons. The third-order valence-corrected chi connectivity index (χ3v) is 3.71. The summed E-state index contributed by atoms with van der Waals surface area (Å²) in [5.74, 6) is 1.02. The van der Waals surface area contributed by atoms with Crippen molar-refractivity contribution < 1.29 is 4.79 Å². The van der Waals surface area contributed by atoms with Crippen molar-refractivity contribution in [1.82, 2.24) is 15.2 Å². The minimum Gasteiger partial charge on any atom is -0.369 e. The van der Waals surface area contributed by atoms with Gasteiger partial charge in [0.05, 0.1) is 5.56 Å². The molecule has 0 saturated heterocycles. The zero-order valence-electron chi connectivity index (χ0n) is 15.1. The Morgan fingerprint density at radius 1 is 1.26 bits per heavy atom. The first-order chi connectivity index (χ1) is 13.0. The monoisotopic (exact) mass is 389 g/mol. The lowest BCUT2D eigenvalue weighted by atomic mass is 10.2. The molecule has 11 heteroatoms. The van der Waals surface area contributed by atoms with Crippen molar-refractivity contribution in [2.45, 2.75) is 12.8 Å². The highest BCUT2D eigenvalue weighted by molar-refractivity contribution is 6.29. The maximum absolute atomic E-state index is 12.6. The average molecular weight is 390 g/mol. The highest BCUT2D eigenvalue weighted by Crippen LogP contribution is 2.18. The van der Waals surface area contributed by atoms with Gasteiger partial charge < -0.3 is 15.5 Å². The van der Waals surface area contributed by atoms with Gasteiger partial charge >= 0.3 is 0 Å². The standard InChI is InChI=1S/C16H20ClN9O/c1-26(2)14-8-7-13(23-24-14)22-16(27)11-5-6-12(17)21-15(11)19-9-3-4-10-20-25-18/h5-8H,3-4,9-10H2,1-2H3,(H,19,21)(H,22,23,27). The van der Waals surface area contributed by atoms with Gasteiger partial charge in [-0.1, -0.05) is 16.7 Å². The molecule has 0 aliphatic carbocycles. The van der Waals surface area contributed by atoms with E-state index in [0.29, 0.717) is 36.1 Å². The molecule has 0 atom stereocenters. The summed E-state index contributed by atoms with van der Waals surface area (Å²) < 4.78 is 0. The second kappa shape index (κ2) is 10.1. The number of carbonyl (C=O) groups is 1. The van der Waals surface area contributed by atoms with E-state index in [1.165, 1.54) is 0 Å². The number of hydrogen-bond acceptors (Lipinski definition) is 7. The van der Waals surface area contributed by atoms with Crippen LogP contribution in [0.2, 0.25) is 5.15 Å². The van der Waals surface area contributed by atoms with Crippen LogP contribution in [0.15, 0.2) is 29.4 Å². The van der Waals surface area contributed by atoms with Crippen molar-refractivity contribution in [1.29, 1.82) is 0 Å². The minimum absolute atomic E-state index is 0.276. The molecule has 0 saturated carbocycles. The summed E-state index contributed by atoms with van der Waals surface area (Å²) in [5, 5.41) is 17.5. The van der Waals surface area contributed by atoms with E-state index < -0.39 is 0 Å². The first kappa shape index (κ1) is 20.2. The van der Waals surface area contributed by atoms with Crippen LogP contribution in [0.25, 0.3) is 10.4 Å². The number of pyridine rings is 1. The summed E-state index contributed by atoms with van der Waals surface area (Å²) in [6, 6.07) is 6.57. The Balaban J connectivity index is 2.03. The van der Waals surface area contributed by atoms with Gasteiger partial charge in [0.2, 0.25) is 0 Å².